The van der Waals surface area contributed by atoms with Gasteiger partial charge in [-0.3, -0.25) is 4.98 Å². The summed E-state index contributed by atoms with van der Waals surface area (Å²) in [4.78, 5) is 8.42. The van der Waals surface area contributed by atoms with Crippen LogP contribution in [0.5, 0.6) is 11.6 Å². The predicted molar refractivity (Wildman–Crippen MR) is 52.6 cm³/mol. The number of pyridine rings is 2. The molecule has 4 nitrogen and oxygen atoms in total. The second-order valence-corrected chi connectivity index (χ2v) is 2.77. The zero-order valence-electron chi connectivity index (χ0n) is 8.02. The maximum Gasteiger partial charge on any atom is 0.213 e. The van der Waals surface area contributed by atoms with Crippen LogP contribution in [0.4, 0.5) is 0 Å². The standard InChI is InChI=1S/C10H10N2O2/c1-13-7-5-9-8(11-6-7)3-4-10(12-9)14-2/h3-6H,1-2H3. The summed E-state index contributed by atoms with van der Waals surface area (Å²) in [7, 11) is 3.19. The maximum atomic E-state index is 5.05. The number of hydrogen-bond donors (Lipinski definition) is 0. The van der Waals surface area contributed by atoms with E-state index in [0.29, 0.717) is 11.6 Å². The second kappa shape index (κ2) is 3.49. The van der Waals surface area contributed by atoms with Crippen LogP contribution in [0, 0.1) is 0 Å². The van der Waals surface area contributed by atoms with E-state index in [1.54, 1.807) is 26.5 Å². The summed E-state index contributed by atoms with van der Waals surface area (Å²) in [6.07, 6.45) is 1.66. The molecule has 0 radical (unpaired) electrons. The number of fused-ring (bicyclic) bond motifs is 1. The summed E-state index contributed by atoms with van der Waals surface area (Å²) in [5.41, 5.74) is 1.59. The Labute approximate surface area is 81.5 Å². The van der Waals surface area contributed by atoms with Crippen molar-refractivity contribution in [1.82, 2.24) is 9.97 Å². The SMILES string of the molecule is COc1cnc2ccc(OC)nc2c1. The van der Waals surface area contributed by atoms with Gasteiger partial charge in [-0.2, -0.15) is 0 Å². The van der Waals surface area contributed by atoms with E-state index >= 15 is 0 Å². The minimum Gasteiger partial charge on any atom is -0.495 e. The van der Waals surface area contributed by atoms with Crippen LogP contribution in [0.1, 0.15) is 0 Å². The van der Waals surface area contributed by atoms with Gasteiger partial charge >= 0.3 is 0 Å². The lowest BCUT2D eigenvalue weighted by molar-refractivity contribution is 0.399. The average Bonchev–Trinajstić information content (AvgIpc) is 2.27. The highest BCUT2D eigenvalue weighted by Crippen LogP contribution is 2.18. The highest BCUT2D eigenvalue weighted by Gasteiger charge is 2.00. The van der Waals surface area contributed by atoms with Crippen molar-refractivity contribution < 1.29 is 9.47 Å². The number of hydrogen-bond acceptors (Lipinski definition) is 4. The molecule has 0 unspecified atom stereocenters. The van der Waals surface area contributed by atoms with Crippen LogP contribution in [0.15, 0.2) is 24.4 Å². The van der Waals surface area contributed by atoms with Gasteiger partial charge in [-0.05, 0) is 6.07 Å². The zero-order chi connectivity index (χ0) is 9.97. The number of methoxy groups -OCH3 is 2. The molecule has 0 bridgehead atoms. The lowest BCUT2D eigenvalue weighted by Gasteiger charge is -2.02. The molecule has 0 aliphatic rings. The lowest BCUT2D eigenvalue weighted by Crippen LogP contribution is -1.90. The molecule has 14 heavy (non-hydrogen) atoms. The van der Waals surface area contributed by atoms with Crippen molar-refractivity contribution in [3.8, 4) is 11.6 Å². The van der Waals surface area contributed by atoms with E-state index in [1.165, 1.54) is 0 Å². The number of ether oxygens (including phenoxy) is 2. The van der Waals surface area contributed by atoms with Crippen LogP contribution < -0.4 is 9.47 Å². The maximum absolute atomic E-state index is 5.05. The molecule has 0 amide bonds. The first kappa shape index (κ1) is 8.74. The molecular formula is C10H10N2O2. The van der Waals surface area contributed by atoms with E-state index in [9.17, 15) is 0 Å². The van der Waals surface area contributed by atoms with Crippen molar-refractivity contribution in [3.05, 3.63) is 24.4 Å². The Bertz CT molecular complexity index is 418. The van der Waals surface area contributed by atoms with Crippen LogP contribution >= 0.6 is 0 Å². The van der Waals surface area contributed by atoms with E-state index < -0.39 is 0 Å². The summed E-state index contributed by atoms with van der Waals surface area (Å²) in [5.74, 6) is 1.27. The van der Waals surface area contributed by atoms with E-state index in [0.717, 1.165) is 11.0 Å². The van der Waals surface area contributed by atoms with E-state index in [-0.39, 0.29) is 0 Å². The smallest absolute Gasteiger partial charge is 0.213 e. The third-order valence-electron chi connectivity index (χ3n) is 1.93. The van der Waals surface area contributed by atoms with Crippen molar-refractivity contribution in [2.24, 2.45) is 0 Å². The molecule has 2 aromatic heterocycles. The fraction of sp³-hybridized carbons (Fsp3) is 0.200. The second-order valence-electron chi connectivity index (χ2n) is 2.77. The first-order valence-corrected chi connectivity index (χ1v) is 4.18. The molecule has 2 aromatic rings. The van der Waals surface area contributed by atoms with Gasteiger partial charge in [-0.25, -0.2) is 4.98 Å². The predicted octanol–water partition coefficient (Wildman–Crippen LogP) is 1.65. The summed E-state index contributed by atoms with van der Waals surface area (Å²) >= 11 is 0. The molecular weight excluding hydrogens is 180 g/mol. The monoisotopic (exact) mass is 190 g/mol. The molecule has 0 aromatic carbocycles. The van der Waals surface area contributed by atoms with Gasteiger partial charge in [-0.15, -0.1) is 0 Å². The lowest BCUT2D eigenvalue weighted by atomic mass is 10.3. The minimum absolute atomic E-state index is 0.576. The summed E-state index contributed by atoms with van der Waals surface area (Å²) in [6.45, 7) is 0. The number of rotatable bonds is 2. The van der Waals surface area contributed by atoms with Gasteiger partial charge in [0, 0.05) is 12.1 Å². The Morgan fingerprint density at radius 1 is 1.07 bits per heavy atom. The molecule has 0 saturated carbocycles. The third kappa shape index (κ3) is 1.46. The average molecular weight is 190 g/mol. The molecule has 0 aliphatic carbocycles. The molecule has 4 heteroatoms. The highest BCUT2D eigenvalue weighted by atomic mass is 16.5. The number of aromatic nitrogens is 2. The molecule has 0 atom stereocenters. The van der Waals surface area contributed by atoms with Gasteiger partial charge in [0.15, 0.2) is 0 Å². The van der Waals surface area contributed by atoms with Gasteiger partial charge in [0.05, 0.1) is 31.4 Å². The van der Waals surface area contributed by atoms with Crippen molar-refractivity contribution in [2.75, 3.05) is 14.2 Å². The Kier molecular flexibility index (Phi) is 2.18. The largest absolute Gasteiger partial charge is 0.495 e. The summed E-state index contributed by atoms with van der Waals surface area (Å²) < 4.78 is 10.1. The highest BCUT2D eigenvalue weighted by molar-refractivity contribution is 5.75. The Balaban J connectivity index is 2.60. The van der Waals surface area contributed by atoms with Crippen LogP contribution in [-0.4, -0.2) is 24.2 Å². The summed E-state index contributed by atoms with van der Waals surface area (Å²) in [5, 5.41) is 0. The molecule has 0 saturated heterocycles. The van der Waals surface area contributed by atoms with Crippen LogP contribution in [-0.2, 0) is 0 Å². The van der Waals surface area contributed by atoms with Crippen molar-refractivity contribution in [1.29, 1.82) is 0 Å². The van der Waals surface area contributed by atoms with Crippen LogP contribution in [0.3, 0.4) is 0 Å². The molecule has 2 heterocycles. The van der Waals surface area contributed by atoms with Gasteiger partial charge in [-0.1, -0.05) is 0 Å². The fourth-order valence-corrected chi connectivity index (χ4v) is 1.19. The van der Waals surface area contributed by atoms with Crippen molar-refractivity contribution >= 4 is 11.0 Å². The van der Waals surface area contributed by atoms with Gasteiger partial charge in [0.1, 0.15) is 5.75 Å². The fourth-order valence-electron chi connectivity index (χ4n) is 1.19. The quantitative estimate of drug-likeness (QED) is 0.722. The van der Waals surface area contributed by atoms with Crippen molar-refractivity contribution in [3.63, 3.8) is 0 Å². The molecule has 0 spiro atoms. The topological polar surface area (TPSA) is 44.2 Å². The van der Waals surface area contributed by atoms with Gasteiger partial charge in [0.25, 0.3) is 0 Å². The van der Waals surface area contributed by atoms with E-state index in [4.69, 9.17) is 9.47 Å². The Hall–Kier alpha value is -1.84. The zero-order valence-corrected chi connectivity index (χ0v) is 8.02. The van der Waals surface area contributed by atoms with Gasteiger partial charge < -0.3 is 9.47 Å². The van der Waals surface area contributed by atoms with E-state index in [1.807, 2.05) is 12.1 Å². The number of nitrogens with zero attached hydrogens (tertiary/aromatic N) is 2. The molecule has 2 rings (SSSR count). The first-order valence-electron chi connectivity index (χ1n) is 4.18. The Morgan fingerprint density at radius 3 is 2.64 bits per heavy atom. The van der Waals surface area contributed by atoms with Gasteiger partial charge in [0.2, 0.25) is 5.88 Å². The molecule has 0 fully saturated rings. The van der Waals surface area contributed by atoms with Crippen LogP contribution in [0.2, 0.25) is 0 Å². The Morgan fingerprint density at radius 2 is 1.93 bits per heavy atom. The normalized spacial score (nSPS) is 10.1. The van der Waals surface area contributed by atoms with E-state index in [2.05, 4.69) is 9.97 Å². The van der Waals surface area contributed by atoms with Crippen LogP contribution in [0.25, 0.3) is 11.0 Å². The summed E-state index contributed by atoms with van der Waals surface area (Å²) in [6, 6.07) is 5.47. The third-order valence-corrected chi connectivity index (χ3v) is 1.93. The molecule has 72 valence electrons. The van der Waals surface area contributed by atoms with Crippen molar-refractivity contribution in [2.45, 2.75) is 0 Å². The molecule has 0 N–H and O–H groups in total. The minimum atomic E-state index is 0.576. The molecule has 0 aliphatic heterocycles. The first-order chi connectivity index (χ1) is 6.83.